The molecule has 0 radical (unpaired) electrons. The molecular weight excluding hydrogens is 252 g/mol. The Bertz CT molecular complexity index is 217. The third-order valence-corrected chi connectivity index (χ3v) is 7.91. The summed E-state index contributed by atoms with van der Waals surface area (Å²) in [6, 6.07) is 0. The Kier molecular flexibility index (Phi) is 7.43. The van der Waals surface area contributed by atoms with Gasteiger partial charge in [-0.25, -0.2) is 0 Å². The molecule has 0 aliphatic rings. The van der Waals surface area contributed by atoms with Crippen LogP contribution >= 0.6 is 11.8 Å². The summed E-state index contributed by atoms with van der Waals surface area (Å²) in [4.78, 5) is 0. The second kappa shape index (κ2) is 7.33. The molecule has 0 aliphatic heterocycles. The minimum absolute atomic E-state index is 0.105. The van der Waals surface area contributed by atoms with Crippen LogP contribution in [0.4, 0.5) is 0 Å². The first kappa shape index (κ1) is 19.3. The SMILES string of the molecule is CC(C)C(CN)(SC(CN)(C(C)C)C(C)C)C(C)C. The molecule has 3 heteroatoms. The van der Waals surface area contributed by atoms with Crippen LogP contribution in [-0.4, -0.2) is 22.6 Å². The summed E-state index contributed by atoms with van der Waals surface area (Å²) < 4.78 is 0.210. The summed E-state index contributed by atoms with van der Waals surface area (Å²) in [7, 11) is 0. The summed E-state index contributed by atoms with van der Waals surface area (Å²) in [6.45, 7) is 19.8. The smallest absolute Gasteiger partial charge is 0.0334 e. The van der Waals surface area contributed by atoms with Gasteiger partial charge in [0, 0.05) is 22.6 Å². The number of thioether (sulfide) groups is 1. The summed E-state index contributed by atoms with van der Waals surface area (Å²) in [5.74, 6) is 2.19. The molecule has 0 aromatic heterocycles. The first-order valence-electron chi connectivity index (χ1n) is 7.71. The Morgan fingerprint density at radius 2 is 0.842 bits per heavy atom. The van der Waals surface area contributed by atoms with Gasteiger partial charge in [0.1, 0.15) is 0 Å². The minimum atomic E-state index is 0.105. The Morgan fingerprint density at radius 3 is 0.947 bits per heavy atom. The van der Waals surface area contributed by atoms with E-state index in [2.05, 4.69) is 67.2 Å². The number of rotatable bonds is 8. The van der Waals surface area contributed by atoms with E-state index < -0.39 is 0 Å². The quantitative estimate of drug-likeness (QED) is 0.715. The van der Waals surface area contributed by atoms with Gasteiger partial charge in [-0.2, -0.15) is 0 Å². The van der Waals surface area contributed by atoms with Crippen molar-refractivity contribution in [2.45, 2.75) is 64.9 Å². The van der Waals surface area contributed by atoms with Gasteiger partial charge in [0.2, 0.25) is 0 Å². The van der Waals surface area contributed by atoms with Crippen LogP contribution < -0.4 is 11.5 Å². The molecule has 0 amide bonds. The van der Waals surface area contributed by atoms with Crippen LogP contribution in [0.1, 0.15) is 55.4 Å². The molecule has 0 heterocycles. The molecular formula is C16H36N2S. The van der Waals surface area contributed by atoms with Crippen LogP contribution in [0.25, 0.3) is 0 Å². The van der Waals surface area contributed by atoms with E-state index in [4.69, 9.17) is 11.5 Å². The first-order chi connectivity index (χ1) is 8.60. The van der Waals surface area contributed by atoms with Crippen LogP contribution in [-0.2, 0) is 0 Å². The van der Waals surface area contributed by atoms with Crippen LogP contribution in [0, 0.1) is 23.7 Å². The van der Waals surface area contributed by atoms with Gasteiger partial charge in [-0.3, -0.25) is 0 Å². The lowest BCUT2D eigenvalue weighted by Gasteiger charge is -2.51. The van der Waals surface area contributed by atoms with E-state index in [9.17, 15) is 0 Å². The third-order valence-electron chi connectivity index (χ3n) is 4.93. The van der Waals surface area contributed by atoms with E-state index in [1.807, 2.05) is 0 Å². The Labute approximate surface area is 125 Å². The van der Waals surface area contributed by atoms with Gasteiger partial charge in [0.15, 0.2) is 0 Å². The highest BCUT2D eigenvalue weighted by Gasteiger charge is 2.47. The normalized spacial score (nSPS) is 14.2. The van der Waals surface area contributed by atoms with E-state index in [-0.39, 0.29) is 9.49 Å². The van der Waals surface area contributed by atoms with Crippen molar-refractivity contribution in [2.24, 2.45) is 35.1 Å². The first-order valence-corrected chi connectivity index (χ1v) is 8.52. The van der Waals surface area contributed by atoms with Crippen LogP contribution in [0.5, 0.6) is 0 Å². The molecule has 19 heavy (non-hydrogen) atoms. The van der Waals surface area contributed by atoms with Crippen molar-refractivity contribution in [1.29, 1.82) is 0 Å². The van der Waals surface area contributed by atoms with Crippen molar-refractivity contribution in [2.75, 3.05) is 13.1 Å². The van der Waals surface area contributed by atoms with Crippen molar-refractivity contribution < 1.29 is 0 Å². The van der Waals surface area contributed by atoms with Gasteiger partial charge in [-0.1, -0.05) is 55.4 Å². The number of hydrogen-bond acceptors (Lipinski definition) is 3. The van der Waals surface area contributed by atoms with Crippen molar-refractivity contribution in [1.82, 2.24) is 0 Å². The van der Waals surface area contributed by atoms with Gasteiger partial charge < -0.3 is 11.5 Å². The van der Waals surface area contributed by atoms with Crippen molar-refractivity contribution in [3.63, 3.8) is 0 Å². The standard InChI is InChI=1S/C16H36N2S/c1-11(2)15(9-17,12(3)4)19-16(10-18,13(5)6)14(7)8/h11-14H,9-10,17-18H2,1-8H3. The zero-order valence-corrected chi connectivity index (χ0v) is 15.1. The highest BCUT2D eigenvalue weighted by atomic mass is 32.2. The van der Waals surface area contributed by atoms with Gasteiger partial charge >= 0.3 is 0 Å². The molecule has 0 rings (SSSR count). The molecule has 0 unspecified atom stereocenters. The van der Waals surface area contributed by atoms with Crippen LogP contribution in [0.3, 0.4) is 0 Å². The maximum atomic E-state index is 6.21. The Balaban J connectivity index is 5.62. The summed E-state index contributed by atoms with van der Waals surface area (Å²) in [5, 5.41) is 0. The van der Waals surface area contributed by atoms with Crippen LogP contribution in [0.2, 0.25) is 0 Å². The van der Waals surface area contributed by atoms with E-state index >= 15 is 0 Å². The van der Waals surface area contributed by atoms with Crippen molar-refractivity contribution in [3.8, 4) is 0 Å². The van der Waals surface area contributed by atoms with Gasteiger partial charge in [-0.15, -0.1) is 11.8 Å². The maximum Gasteiger partial charge on any atom is 0.0334 e. The predicted molar refractivity (Wildman–Crippen MR) is 90.5 cm³/mol. The average Bonchev–Trinajstić information content (AvgIpc) is 2.29. The van der Waals surface area contributed by atoms with Crippen molar-refractivity contribution >= 4 is 11.8 Å². The molecule has 0 aromatic rings. The molecule has 0 aromatic carbocycles. The second-order valence-electron chi connectivity index (χ2n) is 7.04. The highest BCUT2D eigenvalue weighted by molar-refractivity contribution is 8.02. The van der Waals surface area contributed by atoms with E-state index in [1.54, 1.807) is 0 Å². The summed E-state index contributed by atoms with van der Waals surface area (Å²) in [6.07, 6.45) is 0. The molecule has 4 N–H and O–H groups in total. The Morgan fingerprint density at radius 1 is 0.632 bits per heavy atom. The van der Waals surface area contributed by atoms with E-state index in [0.717, 1.165) is 0 Å². The monoisotopic (exact) mass is 288 g/mol. The topological polar surface area (TPSA) is 52.0 Å². The minimum Gasteiger partial charge on any atom is -0.329 e. The van der Waals surface area contributed by atoms with Crippen molar-refractivity contribution in [3.05, 3.63) is 0 Å². The second-order valence-corrected chi connectivity index (χ2v) is 8.76. The highest BCUT2D eigenvalue weighted by Crippen LogP contribution is 2.51. The third kappa shape index (κ3) is 3.68. The van der Waals surface area contributed by atoms with E-state index in [0.29, 0.717) is 36.8 Å². The molecule has 0 saturated carbocycles. The molecule has 0 spiro atoms. The Hall–Kier alpha value is 0.270. The van der Waals surface area contributed by atoms with Gasteiger partial charge in [0.25, 0.3) is 0 Å². The molecule has 2 nitrogen and oxygen atoms in total. The summed E-state index contributed by atoms with van der Waals surface area (Å²) in [5.41, 5.74) is 12.4. The van der Waals surface area contributed by atoms with E-state index in [1.165, 1.54) is 0 Å². The molecule has 0 bridgehead atoms. The van der Waals surface area contributed by atoms with Gasteiger partial charge in [-0.05, 0) is 23.7 Å². The predicted octanol–water partition coefficient (Wildman–Crippen LogP) is 3.74. The zero-order chi connectivity index (χ0) is 15.4. The molecule has 0 atom stereocenters. The fraction of sp³-hybridized carbons (Fsp3) is 1.00. The lowest BCUT2D eigenvalue weighted by Crippen LogP contribution is -2.54. The average molecular weight is 289 g/mol. The molecule has 0 saturated heterocycles. The van der Waals surface area contributed by atoms with Gasteiger partial charge in [0.05, 0.1) is 0 Å². The molecule has 0 fully saturated rings. The molecule has 116 valence electrons. The zero-order valence-electron chi connectivity index (χ0n) is 14.3. The summed E-state index contributed by atoms with van der Waals surface area (Å²) >= 11 is 2.07. The lowest BCUT2D eigenvalue weighted by atomic mass is 9.83. The molecule has 0 aliphatic carbocycles. The lowest BCUT2D eigenvalue weighted by molar-refractivity contribution is 0.304. The van der Waals surface area contributed by atoms with Crippen LogP contribution in [0.15, 0.2) is 0 Å². The number of hydrogen-bond donors (Lipinski definition) is 2. The number of nitrogens with two attached hydrogens (primary N) is 2. The fourth-order valence-corrected chi connectivity index (χ4v) is 5.00. The largest absolute Gasteiger partial charge is 0.329 e. The maximum absolute atomic E-state index is 6.21. The fourth-order valence-electron chi connectivity index (χ4n) is 3.18.